The molecule has 1 saturated heterocycles. The smallest absolute Gasteiger partial charge is 0.271 e. The van der Waals surface area contributed by atoms with Gasteiger partial charge in [-0.25, -0.2) is 0 Å². The normalized spacial score (nSPS) is 15.4. The fourth-order valence-electron chi connectivity index (χ4n) is 4.19. The Labute approximate surface area is 203 Å². The van der Waals surface area contributed by atoms with Gasteiger partial charge in [0.05, 0.1) is 11.7 Å². The van der Waals surface area contributed by atoms with Crippen molar-refractivity contribution in [1.82, 2.24) is 15.1 Å². The zero-order valence-corrected chi connectivity index (χ0v) is 20.5. The zero-order valence-electron chi connectivity index (χ0n) is 19.0. The largest absolute Gasteiger partial charge is 0.355 e. The number of benzene rings is 1. The van der Waals surface area contributed by atoms with Crippen LogP contribution in [0.1, 0.15) is 49.1 Å². The van der Waals surface area contributed by atoms with Crippen molar-refractivity contribution in [3.8, 4) is 5.69 Å². The molecule has 174 valence electrons. The average Bonchev–Trinajstić information content (AvgIpc) is 3.36. The Morgan fingerprint density at radius 3 is 2.70 bits per heavy atom. The minimum atomic E-state index is -0.205. The third-order valence-corrected chi connectivity index (χ3v) is 7.55. The summed E-state index contributed by atoms with van der Waals surface area (Å²) in [4.78, 5) is 28.7. The number of halogens is 1. The van der Waals surface area contributed by atoms with Crippen molar-refractivity contribution < 1.29 is 4.79 Å². The van der Waals surface area contributed by atoms with Crippen molar-refractivity contribution in [2.75, 3.05) is 18.0 Å². The summed E-state index contributed by atoms with van der Waals surface area (Å²) in [5.41, 5.74) is 1.39. The van der Waals surface area contributed by atoms with Crippen LogP contribution in [-0.4, -0.2) is 28.8 Å². The third kappa shape index (κ3) is 5.47. The van der Waals surface area contributed by atoms with Crippen LogP contribution in [0, 0.1) is 12.8 Å². The number of anilines is 1. The number of aryl methyl sites for hydroxylation is 1. The van der Waals surface area contributed by atoms with Gasteiger partial charge >= 0.3 is 0 Å². The van der Waals surface area contributed by atoms with Crippen molar-refractivity contribution in [3.63, 3.8) is 0 Å². The van der Waals surface area contributed by atoms with Gasteiger partial charge in [-0.2, -0.15) is 4.68 Å². The van der Waals surface area contributed by atoms with E-state index < -0.39 is 0 Å². The second-order valence-corrected chi connectivity index (χ2v) is 9.89. The summed E-state index contributed by atoms with van der Waals surface area (Å²) in [5, 5.41) is 10.5. The molecule has 1 fully saturated rings. The van der Waals surface area contributed by atoms with Gasteiger partial charge < -0.3 is 10.2 Å². The average molecular weight is 485 g/mol. The van der Waals surface area contributed by atoms with E-state index in [0.717, 1.165) is 50.2 Å². The van der Waals surface area contributed by atoms with Crippen LogP contribution in [0.25, 0.3) is 5.69 Å². The highest BCUT2D eigenvalue weighted by molar-refractivity contribution is 7.10. The molecule has 8 heteroatoms. The van der Waals surface area contributed by atoms with Crippen LogP contribution in [0.2, 0.25) is 5.02 Å². The Bertz CT molecular complexity index is 1150. The summed E-state index contributed by atoms with van der Waals surface area (Å²) >= 11 is 7.94. The Kier molecular flexibility index (Phi) is 7.50. The van der Waals surface area contributed by atoms with Gasteiger partial charge in [0.15, 0.2) is 0 Å². The molecule has 0 spiro atoms. The van der Waals surface area contributed by atoms with Crippen LogP contribution in [0.15, 0.2) is 52.6 Å². The monoisotopic (exact) mass is 484 g/mol. The molecule has 6 nitrogen and oxygen atoms in total. The number of piperidine rings is 1. The number of thiophene rings is 1. The van der Waals surface area contributed by atoms with Gasteiger partial charge in [-0.15, -0.1) is 16.4 Å². The summed E-state index contributed by atoms with van der Waals surface area (Å²) in [6.07, 6.45) is 3.48. The standard InChI is InChI=1S/C25H29ClN4O2S/c1-3-5-21(22-6-4-15-33-22)27-25(32)18-11-13-29(14-12-18)23-9-10-24(31)30(28-23)19-8-7-17(2)20(26)16-19/h4,6-10,15-16,18,21H,3,5,11-14H2,1-2H3,(H,27,32)/t21-/m0/s1. The van der Waals surface area contributed by atoms with Crippen molar-refractivity contribution in [2.24, 2.45) is 5.92 Å². The quantitative estimate of drug-likeness (QED) is 0.504. The van der Waals surface area contributed by atoms with Crippen LogP contribution >= 0.6 is 22.9 Å². The van der Waals surface area contributed by atoms with Crippen molar-refractivity contribution >= 4 is 34.7 Å². The van der Waals surface area contributed by atoms with Crippen molar-refractivity contribution in [1.29, 1.82) is 0 Å². The molecule has 4 rings (SSSR count). The lowest BCUT2D eigenvalue weighted by Crippen LogP contribution is -2.42. The van der Waals surface area contributed by atoms with E-state index in [-0.39, 0.29) is 23.4 Å². The van der Waals surface area contributed by atoms with E-state index in [9.17, 15) is 9.59 Å². The first-order valence-electron chi connectivity index (χ1n) is 11.4. The summed E-state index contributed by atoms with van der Waals surface area (Å²) in [6, 6.07) is 13.0. The number of rotatable bonds is 7. The van der Waals surface area contributed by atoms with E-state index in [4.69, 9.17) is 11.6 Å². The second kappa shape index (κ2) is 10.5. The molecule has 0 saturated carbocycles. The number of aromatic nitrogens is 2. The summed E-state index contributed by atoms with van der Waals surface area (Å²) < 4.78 is 1.38. The third-order valence-electron chi connectivity index (χ3n) is 6.16. The van der Waals surface area contributed by atoms with Gasteiger partial charge in [0.1, 0.15) is 5.82 Å². The van der Waals surface area contributed by atoms with Crippen LogP contribution < -0.4 is 15.8 Å². The molecule has 1 N–H and O–H groups in total. The first-order chi connectivity index (χ1) is 16.0. The maximum atomic E-state index is 13.0. The molecule has 1 amide bonds. The van der Waals surface area contributed by atoms with E-state index in [1.165, 1.54) is 15.6 Å². The molecule has 0 radical (unpaired) electrons. The topological polar surface area (TPSA) is 67.2 Å². The molecule has 0 unspecified atom stereocenters. The highest BCUT2D eigenvalue weighted by Crippen LogP contribution is 2.26. The molecule has 1 aliphatic heterocycles. The van der Waals surface area contributed by atoms with Crippen LogP contribution in [0.3, 0.4) is 0 Å². The van der Waals surface area contributed by atoms with Gasteiger partial charge in [-0.3, -0.25) is 9.59 Å². The van der Waals surface area contributed by atoms with E-state index in [1.807, 2.05) is 25.1 Å². The van der Waals surface area contributed by atoms with Crippen LogP contribution in [0.4, 0.5) is 5.82 Å². The van der Waals surface area contributed by atoms with Crippen LogP contribution in [0.5, 0.6) is 0 Å². The molecule has 0 aliphatic carbocycles. The lowest BCUT2D eigenvalue weighted by molar-refractivity contribution is -0.126. The fraction of sp³-hybridized carbons (Fsp3) is 0.400. The maximum absolute atomic E-state index is 13.0. The van der Waals surface area contributed by atoms with Gasteiger partial charge in [-0.05, 0) is 61.4 Å². The van der Waals surface area contributed by atoms with Crippen molar-refractivity contribution in [2.45, 2.75) is 45.6 Å². The molecule has 1 aromatic carbocycles. The van der Waals surface area contributed by atoms with Crippen molar-refractivity contribution in [3.05, 3.63) is 73.7 Å². The number of hydrogen-bond donors (Lipinski definition) is 1. The number of carbonyl (C=O) groups is 1. The Morgan fingerprint density at radius 2 is 2.03 bits per heavy atom. The summed E-state index contributed by atoms with van der Waals surface area (Å²) in [7, 11) is 0. The fourth-order valence-corrected chi connectivity index (χ4v) is 5.18. The van der Waals surface area contributed by atoms with Gasteiger partial charge in [0.25, 0.3) is 5.56 Å². The lowest BCUT2D eigenvalue weighted by atomic mass is 9.95. The maximum Gasteiger partial charge on any atom is 0.271 e. The minimum Gasteiger partial charge on any atom is -0.355 e. The summed E-state index contributed by atoms with van der Waals surface area (Å²) in [6.45, 7) is 5.50. The number of amides is 1. The molecule has 3 heterocycles. The molecule has 33 heavy (non-hydrogen) atoms. The predicted octanol–water partition coefficient (Wildman–Crippen LogP) is 5.13. The number of nitrogens with zero attached hydrogens (tertiary/aromatic N) is 3. The van der Waals surface area contributed by atoms with Gasteiger partial charge in [0.2, 0.25) is 5.91 Å². The molecule has 0 bridgehead atoms. The first kappa shape index (κ1) is 23.5. The highest BCUT2D eigenvalue weighted by Gasteiger charge is 2.28. The van der Waals surface area contributed by atoms with Gasteiger partial charge in [0, 0.05) is 35.0 Å². The molecule has 2 aromatic heterocycles. The molecular weight excluding hydrogens is 456 g/mol. The van der Waals surface area contributed by atoms with Crippen LogP contribution in [-0.2, 0) is 4.79 Å². The van der Waals surface area contributed by atoms with E-state index in [0.29, 0.717) is 10.7 Å². The number of carbonyl (C=O) groups excluding carboxylic acids is 1. The molecule has 1 aliphatic rings. The lowest BCUT2D eigenvalue weighted by Gasteiger charge is -2.33. The molecule has 1 atom stereocenters. The second-order valence-electron chi connectivity index (χ2n) is 8.50. The summed E-state index contributed by atoms with van der Waals surface area (Å²) in [5.74, 6) is 0.851. The number of nitrogens with one attached hydrogen (secondary N) is 1. The van der Waals surface area contributed by atoms with E-state index in [1.54, 1.807) is 23.5 Å². The number of hydrogen-bond acceptors (Lipinski definition) is 5. The van der Waals surface area contributed by atoms with E-state index in [2.05, 4.69) is 33.7 Å². The Balaban J connectivity index is 1.42. The minimum absolute atomic E-state index is 0.0117. The highest BCUT2D eigenvalue weighted by atomic mass is 35.5. The Hall–Kier alpha value is -2.64. The van der Waals surface area contributed by atoms with Gasteiger partial charge in [-0.1, -0.05) is 37.1 Å². The first-order valence-corrected chi connectivity index (χ1v) is 12.7. The SMILES string of the molecule is CCC[C@H](NC(=O)C1CCN(c2ccc(=O)n(-c3ccc(C)c(Cl)c3)n2)CC1)c1cccs1. The Morgan fingerprint density at radius 1 is 1.24 bits per heavy atom. The van der Waals surface area contributed by atoms with E-state index >= 15 is 0 Å². The predicted molar refractivity (Wildman–Crippen MR) is 135 cm³/mol. The molecule has 3 aromatic rings. The zero-order chi connectivity index (χ0) is 23.4. The molecular formula is C25H29ClN4O2S.